The predicted octanol–water partition coefficient (Wildman–Crippen LogP) is -2.10. The van der Waals surface area contributed by atoms with Crippen LogP contribution >= 0.6 is 0 Å². The molecule has 0 aliphatic heterocycles. The number of carboxylic acid groups (broad SMARTS) is 1. The van der Waals surface area contributed by atoms with Gasteiger partial charge in [0.25, 0.3) is 0 Å². The first-order chi connectivity index (χ1) is 5.61. The Balaban J connectivity index is 3.85. The third-order valence-electron chi connectivity index (χ3n) is 1.19. The van der Waals surface area contributed by atoms with Crippen molar-refractivity contribution in [1.29, 1.82) is 0 Å². The molecule has 0 aliphatic carbocycles. The number of aliphatic hydroxyl groups is 1. The summed E-state index contributed by atoms with van der Waals surface area (Å²) in [7, 11) is 0. The number of aliphatic carboxylic acids is 1. The van der Waals surface area contributed by atoms with Gasteiger partial charge in [0.2, 0.25) is 5.91 Å². The highest BCUT2D eigenvalue weighted by atomic mass is 16.4. The Morgan fingerprint density at radius 2 is 2.08 bits per heavy atom. The zero-order valence-corrected chi connectivity index (χ0v) is 6.49. The number of amides is 1. The maximum Gasteiger partial charge on any atom is 0.328 e. The minimum Gasteiger partial charge on any atom is -0.480 e. The zero-order chi connectivity index (χ0) is 9.56. The minimum atomic E-state index is -1.26. The van der Waals surface area contributed by atoms with Crippen molar-refractivity contribution in [2.45, 2.75) is 12.5 Å². The molecular formula is C6H12N2O4. The van der Waals surface area contributed by atoms with Gasteiger partial charge in [-0.25, -0.2) is 4.79 Å². The summed E-state index contributed by atoms with van der Waals surface area (Å²) in [6.45, 7) is -0.463. The van der Waals surface area contributed by atoms with E-state index in [0.717, 1.165) is 0 Å². The summed E-state index contributed by atoms with van der Waals surface area (Å²) in [5.41, 5.74) is 5.05. The van der Waals surface area contributed by atoms with Gasteiger partial charge >= 0.3 is 5.97 Å². The van der Waals surface area contributed by atoms with Crippen LogP contribution in [0.4, 0.5) is 0 Å². The molecular weight excluding hydrogens is 164 g/mol. The molecule has 1 amide bonds. The van der Waals surface area contributed by atoms with E-state index in [1.807, 2.05) is 0 Å². The maximum absolute atomic E-state index is 10.8. The van der Waals surface area contributed by atoms with Gasteiger partial charge in [-0.05, 0) is 0 Å². The van der Waals surface area contributed by atoms with Gasteiger partial charge in [0.15, 0.2) is 0 Å². The summed E-state index contributed by atoms with van der Waals surface area (Å²) in [4.78, 5) is 21.0. The molecule has 0 unspecified atom stereocenters. The molecule has 0 heterocycles. The lowest BCUT2D eigenvalue weighted by Crippen LogP contribution is -2.43. The van der Waals surface area contributed by atoms with Gasteiger partial charge in [-0.15, -0.1) is 0 Å². The highest BCUT2D eigenvalue weighted by Crippen LogP contribution is 1.84. The number of carbonyl (C=O) groups is 2. The second kappa shape index (κ2) is 5.50. The van der Waals surface area contributed by atoms with Gasteiger partial charge in [0.05, 0.1) is 6.61 Å². The number of hydrogen-bond acceptors (Lipinski definition) is 4. The summed E-state index contributed by atoms with van der Waals surface area (Å²) in [5.74, 6) is -1.73. The fourth-order valence-corrected chi connectivity index (χ4v) is 0.583. The molecule has 0 aromatic carbocycles. The largest absolute Gasteiger partial charge is 0.480 e. The number of carboxylic acids is 1. The molecule has 0 saturated heterocycles. The number of nitrogens with two attached hydrogens (primary N) is 1. The number of hydrogen-bond donors (Lipinski definition) is 4. The molecule has 0 aromatic rings. The Hall–Kier alpha value is -1.14. The minimum absolute atomic E-state index is 0.0593. The molecule has 6 heteroatoms. The predicted molar refractivity (Wildman–Crippen MR) is 40.3 cm³/mol. The second-order valence-corrected chi connectivity index (χ2v) is 2.18. The molecule has 0 fully saturated rings. The van der Waals surface area contributed by atoms with E-state index in [4.69, 9.17) is 15.9 Å². The van der Waals surface area contributed by atoms with Crippen molar-refractivity contribution in [1.82, 2.24) is 5.32 Å². The van der Waals surface area contributed by atoms with Crippen LogP contribution in [0.3, 0.4) is 0 Å². The van der Waals surface area contributed by atoms with E-state index in [2.05, 4.69) is 5.32 Å². The third-order valence-corrected chi connectivity index (χ3v) is 1.19. The third kappa shape index (κ3) is 3.89. The Kier molecular flexibility index (Phi) is 4.98. The van der Waals surface area contributed by atoms with E-state index < -0.39 is 24.5 Å². The SMILES string of the molecule is NCCC(=O)N[C@H](CO)C(=O)O. The number of rotatable bonds is 5. The van der Waals surface area contributed by atoms with Crippen LogP contribution in [0.5, 0.6) is 0 Å². The smallest absolute Gasteiger partial charge is 0.328 e. The summed E-state index contributed by atoms with van der Waals surface area (Å²) in [5, 5.41) is 19.0. The molecule has 5 N–H and O–H groups in total. The molecule has 0 saturated carbocycles. The first-order valence-corrected chi connectivity index (χ1v) is 3.45. The fraction of sp³-hybridized carbons (Fsp3) is 0.667. The first-order valence-electron chi connectivity index (χ1n) is 3.45. The molecule has 1 atom stereocenters. The van der Waals surface area contributed by atoms with Crippen molar-refractivity contribution >= 4 is 11.9 Å². The van der Waals surface area contributed by atoms with Crippen molar-refractivity contribution in [3.8, 4) is 0 Å². The van der Waals surface area contributed by atoms with E-state index in [-0.39, 0.29) is 13.0 Å². The fourth-order valence-electron chi connectivity index (χ4n) is 0.583. The summed E-state index contributed by atoms with van der Waals surface area (Å²) in [6.07, 6.45) is 0.0593. The van der Waals surface area contributed by atoms with E-state index in [1.54, 1.807) is 0 Å². The number of nitrogens with one attached hydrogen (secondary N) is 1. The van der Waals surface area contributed by atoms with Crippen LogP contribution in [-0.2, 0) is 9.59 Å². The maximum atomic E-state index is 10.8. The molecule has 0 radical (unpaired) electrons. The number of aliphatic hydroxyl groups excluding tert-OH is 1. The lowest BCUT2D eigenvalue weighted by molar-refractivity contribution is -0.142. The summed E-state index contributed by atoms with van der Waals surface area (Å²) in [6, 6.07) is -1.23. The molecule has 12 heavy (non-hydrogen) atoms. The molecule has 0 spiro atoms. The second-order valence-electron chi connectivity index (χ2n) is 2.18. The van der Waals surface area contributed by atoms with Crippen molar-refractivity contribution < 1.29 is 19.8 Å². The van der Waals surface area contributed by atoms with Crippen LogP contribution in [-0.4, -0.2) is 41.3 Å². The quantitative estimate of drug-likeness (QED) is 0.383. The Labute approximate surface area is 69.4 Å². The molecule has 6 nitrogen and oxygen atoms in total. The normalized spacial score (nSPS) is 12.2. The van der Waals surface area contributed by atoms with Crippen LogP contribution in [0, 0.1) is 0 Å². The first kappa shape index (κ1) is 10.9. The average Bonchev–Trinajstić information content (AvgIpc) is 2.00. The standard InChI is InChI=1S/C6H12N2O4/c7-2-1-5(10)8-4(3-9)6(11)12/h4,9H,1-3,7H2,(H,8,10)(H,11,12)/t4-/m1/s1. The highest BCUT2D eigenvalue weighted by molar-refractivity contribution is 5.83. The average molecular weight is 176 g/mol. The zero-order valence-electron chi connectivity index (χ0n) is 6.49. The lowest BCUT2D eigenvalue weighted by Gasteiger charge is -2.10. The molecule has 0 rings (SSSR count). The van der Waals surface area contributed by atoms with Crippen molar-refractivity contribution in [2.24, 2.45) is 5.73 Å². The summed E-state index contributed by atoms with van der Waals surface area (Å²) < 4.78 is 0. The Morgan fingerprint density at radius 1 is 1.50 bits per heavy atom. The van der Waals surface area contributed by atoms with Gasteiger partial charge in [0.1, 0.15) is 6.04 Å². The highest BCUT2D eigenvalue weighted by Gasteiger charge is 2.17. The van der Waals surface area contributed by atoms with Crippen molar-refractivity contribution in [2.75, 3.05) is 13.2 Å². The molecule has 70 valence electrons. The van der Waals surface area contributed by atoms with Gasteiger partial charge in [-0.1, -0.05) is 0 Å². The van der Waals surface area contributed by atoms with Gasteiger partial charge in [-0.2, -0.15) is 0 Å². The summed E-state index contributed by atoms with van der Waals surface area (Å²) >= 11 is 0. The monoisotopic (exact) mass is 176 g/mol. The van der Waals surface area contributed by atoms with Crippen LogP contribution in [0.1, 0.15) is 6.42 Å². The van der Waals surface area contributed by atoms with Gasteiger partial charge in [0, 0.05) is 13.0 Å². The Morgan fingerprint density at radius 3 is 2.42 bits per heavy atom. The topological polar surface area (TPSA) is 113 Å². The van der Waals surface area contributed by atoms with Crippen LogP contribution in [0.2, 0.25) is 0 Å². The van der Waals surface area contributed by atoms with Gasteiger partial charge < -0.3 is 21.3 Å². The van der Waals surface area contributed by atoms with E-state index in [9.17, 15) is 9.59 Å². The van der Waals surface area contributed by atoms with E-state index in [0.29, 0.717) is 0 Å². The van der Waals surface area contributed by atoms with E-state index in [1.165, 1.54) is 0 Å². The van der Waals surface area contributed by atoms with Crippen LogP contribution < -0.4 is 11.1 Å². The lowest BCUT2D eigenvalue weighted by atomic mass is 10.3. The Bertz CT molecular complexity index is 171. The molecule has 0 aliphatic rings. The molecule has 0 aromatic heterocycles. The molecule has 0 bridgehead atoms. The van der Waals surface area contributed by atoms with Crippen LogP contribution in [0.25, 0.3) is 0 Å². The van der Waals surface area contributed by atoms with Crippen LogP contribution in [0.15, 0.2) is 0 Å². The van der Waals surface area contributed by atoms with Crippen molar-refractivity contribution in [3.63, 3.8) is 0 Å². The van der Waals surface area contributed by atoms with Crippen molar-refractivity contribution in [3.05, 3.63) is 0 Å². The van der Waals surface area contributed by atoms with Gasteiger partial charge in [-0.3, -0.25) is 4.79 Å². The number of carbonyl (C=O) groups excluding carboxylic acids is 1. The van der Waals surface area contributed by atoms with E-state index >= 15 is 0 Å².